The summed E-state index contributed by atoms with van der Waals surface area (Å²) < 4.78 is 23.4. The van der Waals surface area contributed by atoms with E-state index in [9.17, 15) is 9.18 Å². The number of carbonyl (C=O) groups excluding carboxylic acids is 1. The molecule has 1 N–H and O–H groups in total. The highest BCUT2D eigenvalue weighted by Crippen LogP contribution is 2.39. The summed E-state index contributed by atoms with van der Waals surface area (Å²) in [5.41, 5.74) is 5.19. The second-order valence-electron chi connectivity index (χ2n) is 6.77. The Morgan fingerprint density at radius 3 is 2.68 bits per heavy atom. The predicted molar refractivity (Wildman–Crippen MR) is 112 cm³/mol. The van der Waals surface area contributed by atoms with Crippen LogP contribution in [0.5, 0.6) is 5.75 Å². The van der Waals surface area contributed by atoms with Gasteiger partial charge in [0.2, 0.25) is 0 Å². The molecule has 1 atom stereocenters. The number of nitrogens with zero attached hydrogens (tertiary/aromatic N) is 2. The van der Waals surface area contributed by atoms with Crippen LogP contribution in [0.4, 0.5) is 4.39 Å². The molecule has 2 heterocycles. The highest BCUT2D eigenvalue weighted by Gasteiger charge is 2.41. The fraction of sp³-hybridized carbons (Fsp3) is 0.174. The van der Waals surface area contributed by atoms with Crippen LogP contribution in [0.3, 0.4) is 0 Å². The smallest absolute Gasteiger partial charge is 0.320 e. The molecule has 4 rings (SSSR count). The maximum Gasteiger partial charge on any atom is 0.320 e. The third kappa shape index (κ3) is 4.32. The summed E-state index contributed by atoms with van der Waals surface area (Å²) in [6, 6.07) is 19.1. The summed E-state index contributed by atoms with van der Waals surface area (Å²) in [6.07, 6.45) is 3.52. The summed E-state index contributed by atoms with van der Waals surface area (Å²) in [5.74, 6) is 0.561. The highest BCUT2D eigenvalue weighted by molar-refractivity contribution is 5.77. The molecular weight excluding hydrogens is 401 g/mol. The molecule has 0 saturated carbocycles. The molecule has 7 nitrogen and oxygen atoms in total. The summed E-state index contributed by atoms with van der Waals surface area (Å²) in [6.45, 7) is -0.114. The molecule has 1 aliphatic rings. The Hall–Kier alpha value is -3.94. The maximum absolute atomic E-state index is 12.4. The lowest BCUT2D eigenvalue weighted by Gasteiger charge is -2.26. The van der Waals surface area contributed by atoms with Gasteiger partial charge >= 0.3 is 12.5 Å². The zero-order valence-corrected chi connectivity index (χ0v) is 16.5. The lowest BCUT2D eigenvalue weighted by Crippen LogP contribution is -2.27. The number of hydrogen-bond acceptors (Lipinski definition) is 7. The molecule has 0 aliphatic carbocycles. The Morgan fingerprint density at radius 1 is 1.10 bits per heavy atom. The Kier molecular flexibility index (Phi) is 6.07. The van der Waals surface area contributed by atoms with Crippen LogP contribution in [0.15, 0.2) is 78.0 Å². The van der Waals surface area contributed by atoms with E-state index < -0.39 is 12.2 Å². The second kappa shape index (κ2) is 9.25. The number of halogens is 1. The van der Waals surface area contributed by atoms with Gasteiger partial charge in [-0.2, -0.15) is 5.48 Å². The van der Waals surface area contributed by atoms with Crippen molar-refractivity contribution in [1.29, 1.82) is 0 Å². The molecule has 0 saturated heterocycles. The monoisotopic (exact) mass is 421 g/mol. The molecule has 158 valence electrons. The minimum absolute atomic E-state index is 0.00396. The van der Waals surface area contributed by atoms with Crippen LogP contribution in [0.2, 0.25) is 0 Å². The maximum atomic E-state index is 12.4. The van der Waals surface area contributed by atoms with E-state index in [1.165, 1.54) is 0 Å². The van der Waals surface area contributed by atoms with Gasteiger partial charge in [-0.1, -0.05) is 36.4 Å². The van der Waals surface area contributed by atoms with Crippen molar-refractivity contribution in [2.45, 2.75) is 5.54 Å². The first-order valence-corrected chi connectivity index (χ1v) is 9.63. The molecule has 0 amide bonds. The van der Waals surface area contributed by atoms with Crippen molar-refractivity contribution in [1.82, 2.24) is 10.5 Å². The van der Waals surface area contributed by atoms with E-state index in [1.54, 1.807) is 24.5 Å². The molecule has 1 unspecified atom stereocenters. The van der Waals surface area contributed by atoms with Crippen molar-refractivity contribution in [3.8, 4) is 16.9 Å². The third-order valence-electron chi connectivity index (χ3n) is 4.92. The fourth-order valence-electron chi connectivity index (χ4n) is 3.47. The van der Waals surface area contributed by atoms with Crippen molar-refractivity contribution in [3.05, 3.63) is 84.2 Å². The molecule has 0 radical (unpaired) electrons. The number of ether oxygens (including phenoxy) is 2. The van der Waals surface area contributed by atoms with Gasteiger partial charge in [0.15, 0.2) is 5.54 Å². The van der Waals surface area contributed by atoms with Crippen LogP contribution in [-0.2, 0) is 19.9 Å². The molecule has 0 fully saturated rings. The SMILES string of the molecule is O=CONC1=NC(c2ccc(OCCF)cc2)(c2cccc(-c3cccnc3)c2)CO1. The largest absolute Gasteiger partial charge is 0.491 e. The first-order valence-electron chi connectivity index (χ1n) is 9.63. The Labute approximate surface area is 178 Å². The minimum Gasteiger partial charge on any atom is -0.491 e. The van der Waals surface area contributed by atoms with E-state index in [2.05, 4.69) is 15.3 Å². The molecule has 8 heteroatoms. The number of amidine groups is 1. The standard InChI is InChI=1S/C23H20FN3O4/c24-10-12-29-21-8-6-19(7-9-21)23(15-30-22(26-23)27-31-16-28)20-5-1-3-17(13-20)18-4-2-11-25-14-18/h1-9,11,13-14,16H,10,12,15H2,(H,26,27). The van der Waals surface area contributed by atoms with E-state index in [-0.39, 0.29) is 25.7 Å². The van der Waals surface area contributed by atoms with Gasteiger partial charge in [-0.05, 0) is 46.5 Å². The van der Waals surface area contributed by atoms with Crippen molar-refractivity contribution >= 4 is 12.5 Å². The number of hydroxylamine groups is 1. The van der Waals surface area contributed by atoms with Gasteiger partial charge in [-0.25, -0.2) is 9.38 Å². The van der Waals surface area contributed by atoms with E-state index >= 15 is 0 Å². The van der Waals surface area contributed by atoms with Crippen molar-refractivity contribution < 1.29 is 23.5 Å². The Bertz CT molecular complexity index is 1060. The Balaban J connectivity index is 1.75. The summed E-state index contributed by atoms with van der Waals surface area (Å²) in [5, 5.41) is 0. The summed E-state index contributed by atoms with van der Waals surface area (Å²) in [7, 11) is 0. The second-order valence-corrected chi connectivity index (χ2v) is 6.77. The van der Waals surface area contributed by atoms with Crippen molar-refractivity contribution in [2.75, 3.05) is 19.9 Å². The molecule has 0 bridgehead atoms. The first-order chi connectivity index (χ1) is 15.2. The number of carbonyl (C=O) groups is 1. The lowest BCUT2D eigenvalue weighted by atomic mass is 9.83. The number of aliphatic imine (C=N–C) groups is 1. The number of aromatic nitrogens is 1. The number of pyridine rings is 1. The van der Waals surface area contributed by atoms with E-state index in [1.807, 2.05) is 48.5 Å². The number of hydrogen-bond donors (Lipinski definition) is 1. The number of benzene rings is 2. The average Bonchev–Trinajstić information content (AvgIpc) is 3.28. The zero-order chi connectivity index (χ0) is 21.5. The van der Waals surface area contributed by atoms with Gasteiger partial charge in [0, 0.05) is 12.4 Å². The van der Waals surface area contributed by atoms with Crippen LogP contribution in [0, 0.1) is 0 Å². The molecule has 0 spiro atoms. The van der Waals surface area contributed by atoms with Crippen LogP contribution in [-0.4, -0.2) is 37.4 Å². The number of nitrogens with one attached hydrogen (secondary N) is 1. The zero-order valence-electron chi connectivity index (χ0n) is 16.5. The average molecular weight is 421 g/mol. The van der Waals surface area contributed by atoms with Crippen LogP contribution < -0.4 is 10.2 Å². The van der Waals surface area contributed by atoms with E-state index in [0.29, 0.717) is 5.75 Å². The Morgan fingerprint density at radius 2 is 1.94 bits per heavy atom. The normalized spacial score (nSPS) is 17.4. The topological polar surface area (TPSA) is 82.0 Å². The van der Waals surface area contributed by atoms with Gasteiger partial charge in [-0.15, -0.1) is 0 Å². The van der Waals surface area contributed by atoms with Gasteiger partial charge in [-0.3, -0.25) is 9.78 Å². The quantitative estimate of drug-likeness (QED) is 0.444. The lowest BCUT2D eigenvalue weighted by molar-refractivity contribution is -0.132. The fourth-order valence-corrected chi connectivity index (χ4v) is 3.47. The van der Waals surface area contributed by atoms with Crippen LogP contribution in [0.25, 0.3) is 11.1 Å². The molecule has 1 aromatic heterocycles. The van der Waals surface area contributed by atoms with Crippen LogP contribution >= 0.6 is 0 Å². The van der Waals surface area contributed by atoms with Crippen molar-refractivity contribution in [3.63, 3.8) is 0 Å². The predicted octanol–water partition coefficient (Wildman–Crippen LogP) is 3.40. The van der Waals surface area contributed by atoms with Gasteiger partial charge < -0.3 is 14.3 Å². The summed E-state index contributed by atoms with van der Waals surface area (Å²) in [4.78, 5) is 24.0. The minimum atomic E-state index is -0.884. The highest BCUT2D eigenvalue weighted by atomic mass is 19.1. The van der Waals surface area contributed by atoms with Gasteiger partial charge in [0.25, 0.3) is 0 Å². The molecule has 2 aromatic carbocycles. The van der Waals surface area contributed by atoms with E-state index in [4.69, 9.17) is 14.5 Å². The number of alkyl halides is 1. The van der Waals surface area contributed by atoms with E-state index in [0.717, 1.165) is 22.3 Å². The van der Waals surface area contributed by atoms with Gasteiger partial charge in [0.05, 0.1) is 0 Å². The first kappa shape index (κ1) is 20.3. The number of rotatable bonds is 8. The molecule has 1 aliphatic heterocycles. The molecule has 31 heavy (non-hydrogen) atoms. The molecule has 3 aromatic rings. The molecular formula is C23H20FN3O4. The van der Waals surface area contributed by atoms with Crippen LogP contribution in [0.1, 0.15) is 11.1 Å². The van der Waals surface area contributed by atoms with Crippen molar-refractivity contribution in [2.24, 2.45) is 4.99 Å². The van der Waals surface area contributed by atoms with Gasteiger partial charge in [0.1, 0.15) is 25.6 Å². The third-order valence-corrected chi connectivity index (χ3v) is 4.92. The summed E-state index contributed by atoms with van der Waals surface area (Å²) >= 11 is 0.